The molecule has 21 heavy (non-hydrogen) atoms. The molecule has 2 saturated carbocycles. The van der Waals surface area contributed by atoms with E-state index < -0.39 is 4.92 Å². The highest BCUT2D eigenvalue weighted by molar-refractivity contribution is 5.92. The lowest BCUT2D eigenvalue weighted by molar-refractivity contribution is -0.402. The largest absolute Gasteiger partial charge is 0.433 e. The first kappa shape index (κ1) is 14.1. The van der Waals surface area contributed by atoms with Gasteiger partial charge in [-0.25, -0.2) is 0 Å². The molecular formula is C15H20N2O4. The molecule has 2 aliphatic rings. The van der Waals surface area contributed by atoms with Crippen molar-refractivity contribution in [1.82, 2.24) is 4.90 Å². The van der Waals surface area contributed by atoms with E-state index in [0.29, 0.717) is 12.0 Å². The molecule has 0 radical (unpaired) electrons. The summed E-state index contributed by atoms with van der Waals surface area (Å²) in [4.78, 5) is 24.5. The van der Waals surface area contributed by atoms with Crippen LogP contribution in [0.1, 0.15) is 55.5 Å². The van der Waals surface area contributed by atoms with E-state index in [9.17, 15) is 14.9 Å². The van der Waals surface area contributed by atoms with Crippen molar-refractivity contribution in [2.45, 2.75) is 51.0 Å². The molecule has 1 aromatic rings. The van der Waals surface area contributed by atoms with Crippen LogP contribution in [0.2, 0.25) is 0 Å². The van der Waals surface area contributed by atoms with Gasteiger partial charge >= 0.3 is 5.88 Å². The van der Waals surface area contributed by atoms with Crippen LogP contribution in [-0.2, 0) is 0 Å². The van der Waals surface area contributed by atoms with Crippen LogP contribution in [0.25, 0.3) is 0 Å². The Morgan fingerprint density at radius 3 is 2.52 bits per heavy atom. The number of nitro groups is 1. The first-order chi connectivity index (χ1) is 10.1. The highest BCUT2D eigenvalue weighted by Crippen LogP contribution is 2.33. The van der Waals surface area contributed by atoms with Crippen LogP contribution in [0.15, 0.2) is 16.5 Å². The first-order valence-electron chi connectivity index (χ1n) is 7.70. The van der Waals surface area contributed by atoms with Crippen molar-refractivity contribution in [2.24, 2.45) is 5.92 Å². The number of hydrogen-bond donors (Lipinski definition) is 0. The van der Waals surface area contributed by atoms with Gasteiger partial charge in [-0.2, -0.15) is 0 Å². The summed E-state index contributed by atoms with van der Waals surface area (Å²) in [6.45, 7) is 0.762. The molecule has 0 bridgehead atoms. The predicted octanol–water partition coefficient (Wildman–Crippen LogP) is 3.37. The summed E-state index contributed by atoms with van der Waals surface area (Å²) in [7, 11) is 0. The number of furan rings is 1. The lowest BCUT2D eigenvalue weighted by Crippen LogP contribution is -2.37. The molecule has 6 nitrogen and oxygen atoms in total. The van der Waals surface area contributed by atoms with Crippen LogP contribution in [0.5, 0.6) is 0 Å². The van der Waals surface area contributed by atoms with Crippen LogP contribution in [0.3, 0.4) is 0 Å². The molecule has 1 amide bonds. The Balaban J connectivity index is 1.70. The second-order valence-electron chi connectivity index (χ2n) is 6.09. The molecule has 6 heteroatoms. The van der Waals surface area contributed by atoms with Crippen LogP contribution >= 0.6 is 0 Å². The number of carbonyl (C=O) groups is 1. The van der Waals surface area contributed by atoms with Crippen molar-refractivity contribution in [1.29, 1.82) is 0 Å². The van der Waals surface area contributed by atoms with Gasteiger partial charge < -0.3 is 9.32 Å². The summed E-state index contributed by atoms with van der Waals surface area (Å²) in [5.41, 5.74) is 0. The average Bonchev–Trinajstić information content (AvgIpc) is 3.20. The Morgan fingerprint density at radius 2 is 1.95 bits per heavy atom. The van der Waals surface area contributed by atoms with Crippen LogP contribution in [-0.4, -0.2) is 28.3 Å². The summed E-state index contributed by atoms with van der Waals surface area (Å²) < 4.78 is 5.06. The normalized spacial score (nSPS) is 19.4. The summed E-state index contributed by atoms with van der Waals surface area (Å²) in [5.74, 6) is 0.0839. The summed E-state index contributed by atoms with van der Waals surface area (Å²) >= 11 is 0. The van der Waals surface area contributed by atoms with Crippen molar-refractivity contribution in [3.05, 3.63) is 28.0 Å². The zero-order chi connectivity index (χ0) is 14.8. The third-order valence-electron chi connectivity index (χ3n) is 4.41. The van der Waals surface area contributed by atoms with Gasteiger partial charge in [-0.15, -0.1) is 0 Å². The van der Waals surface area contributed by atoms with Crippen LogP contribution in [0.4, 0.5) is 5.88 Å². The minimum Gasteiger partial charge on any atom is -0.395 e. The number of nitrogens with zero attached hydrogens (tertiary/aromatic N) is 2. The van der Waals surface area contributed by atoms with Crippen LogP contribution < -0.4 is 0 Å². The van der Waals surface area contributed by atoms with E-state index in [1.807, 2.05) is 4.90 Å². The SMILES string of the molecule is O=C(c1ccc([N+](=O)[O-])o1)N(CC1CCCCC1)C1CC1. The maximum Gasteiger partial charge on any atom is 0.433 e. The highest BCUT2D eigenvalue weighted by atomic mass is 16.6. The second kappa shape index (κ2) is 5.87. The molecule has 0 N–H and O–H groups in total. The Kier molecular flexibility index (Phi) is 3.94. The molecule has 2 fully saturated rings. The smallest absolute Gasteiger partial charge is 0.395 e. The first-order valence-corrected chi connectivity index (χ1v) is 7.70. The molecule has 0 aliphatic heterocycles. The fourth-order valence-corrected chi connectivity index (χ4v) is 3.11. The Bertz CT molecular complexity index is 530. The molecule has 0 aromatic carbocycles. The second-order valence-corrected chi connectivity index (χ2v) is 6.09. The molecule has 1 aromatic heterocycles. The zero-order valence-electron chi connectivity index (χ0n) is 12.0. The van der Waals surface area contributed by atoms with Crippen molar-refractivity contribution in [3.8, 4) is 0 Å². The third-order valence-corrected chi connectivity index (χ3v) is 4.41. The Labute approximate surface area is 123 Å². The monoisotopic (exact) mass is 292 g/mol. The van der Waals surface area contributed by atoms with Crippen LogP contribution in [0, 0.1) is 16.0 Å². The lowest BCUT2D eigenvalue weighted by atomic mass is 9.89. The fourth-order valence-electron chi connectivity index (χ4n) is 3.11. The van der Waals surface area contributed by atoms with Gasteiger partial charge in [-0.05, 0) is 37.7 Å². The topological polar surface area (TPSA) is 76.6 Å². The maximum absolute atomic E-state index is 12.5. The number of hydrogen-bond acceptors (Lipinski definition) is 4. The molecule has 0 unspecified atom stereocenters. The minimum atomic E-state index is -0.612. The average molecular weight is 292 g/mol. The van der Waals surface area contributed by atoms with Gasteiger partial charge in [0.25, 0.3) is 5.91 Å². The maximum atomic E-state index is 12.5. The van der Waals surface area contributed by atoms with Gasteiger partial charge in [0.05, 0.1) is 6.07 Å². The minimum absolute atomic E-state index is 0.0874. The van der Waals surface area contributed by atoms with Gasteiger partial charge in [-0.1, -0.05) is 19.3 Å². The number of carbonyl (C=O) groups excluding carboxylic acids is 1. The molecule has 0 saturated heterocycles. The standard InChI is InChI=1S/C15H20N2O4/c18-15(13-8-9-14(21-13)17(19)20)16(12-6-7-12)10-11-4-2-1-3-5-11/h8-9,11-12H,1-7,10H2. The van der Waals surface area contributed by atoms with E-state index in [-0.39, 0.29) is 17.6 Å². The van der Waals surface area contributed by atoms with E-state index in [1.54, 1.807) is 0 Å². The molecule has 1 heterocycles. The van der Waals surface area contributed by atoms with E-state index in [2.05, 4.69) is 0 Å². The predicted molar refractivity (Wildman–Crippen MR) is 76.0 cm³/mol. The quantitative estimate of drug-likeness (QED) is 0.615. The van der Waals surface area contributed by atoms with Gasteiger partial charge in [0.2, 0.25) is 0 Å². The van der Waals surface area contributed by atoms with E-state index in [4.69, 9.17) is 4.42 Å². The van der Waals surface area contributed by atoms with Gasteiger partial charge in [0.15, 0.2) is 5.76 Å². The summed E-state index contributed by atoms with van der Waals surface area (Å²) in [5, 5.41) is 10.7. The molecular weight excluding hydrogens is 272 g/mol. The summed E-state index contributed by atoms with van der Waals surface area (Å²) in [6.07, 6.45) is 8.18. The number of amides is 1. The molecule has 2 aliphatic carbocycles. The lowest BCUT2D eigenvalue weighted by Gasteiger charge is -2.29. The van der Waals surface area contributed by atoms with Crippen molar-refractivity contribution >= 4 is 11.8 Å². The van der Waals surface area contributed by atoms with Gasteiger partial charge in [-0.3, -0.25) is 14.9 Å². The van der Waals surface area contributed by atoms with E-state index in [0.717, 1.165) is 19.4 Å². The molecule has 114 valence electrons. The van der Waals surface area contributed by atoms with Gasteiger partial charge in [0.1, 0.15) is 4.92 Å². The third kappa shape index (κ3) is 3.25. The highest BCUT2D eigenvalue weighted by Gasteiger charge is 2.36. The molecule has 0 spiro atoms. The number of rotatable bonds is 5. The van der Waals surface area contributed by atoms with Crippen molar-refractivity contribution in [2.75, 3.05) is 6.54 Å². The fraction of sp³-hybridized carbons (Fsp3) is 0.667. The van der Waals surface area contributed by atoms with E-state index >= 15 is 0 Å². The van der Waals surface area contributed by atoms with Crippen molar-refractivity contribution in [3.63, 3.8) is 0 Å². The molecule has 3 rings (SSSR count). The van der Waals surface area contributed by atoms with Gasteiger partial charge in [0, 0.05) is 12.6 Å². The van der Waals surface area contributed by atoms with Crippen molar-refractivity contribution < 1.29 is 14.1 Å². The zero-order valence-corrected chi connectivity index (χ0v) is 12.0. The Hall–Kier alpha value is -1.85. The van der Waals surface area contributed by atoms with E-state index in [1.165, 1.54) is 44.2 Å². The molecule has 0 atom stereocenters. The Morgan fingerprint density at radius 1 is 1.24 bits per heavy atom. The summed E-state index contributed by atoms with van der Waals surface area (Å²) in [6, 6.07) is 2.96.